The van der Waals surface area contributed by atoms with Crippen LogP contribution in [0.4, 0.5) is 17.6 Å². The number of hydrogen-bond donors (Lipinski definition) is 0. The molecule has 1 aliphatic rings. The third-order valence-corrected chi connectivity index (χ3v) is 6.32. The van der Waals surface area contributed by atoms with Gasteiger partial charge in [0.05, 0.1) is 35.4 Å². The number of amides is 1. The van der Waals surface area contributed by atoms with Gasteiger partial charge in [0.2, 0.25) is 5.91 Å². The molecule has 3 aromatic rings. The van der Waals surface area contributed by atoms with Gasteiger partial charge in [-0.15, -0.1) is 11.3 Å². The molecule has 3 heterocycles. The van der Waals surface area contributed by atoms with Crippen LogP contribution in [0.5, 0.6) is 0 Å². The zero-order valence-electron chi connectivity index (χ0n) is 16.2. The van der Waals surface area contributed by atoms with Gasteiger partial charge in [-0.3, -0.25) is 14.2 Å². The van der Waals surface area contributed by atoms with Gasteiger partial charge in [0, 0.05) is 23.9 Å². The van der Waals surface area contributed by atoms with Gasteiger partial charge in [-0.2, -0.15) is 13.2 Å². The van der Waals surface area contributed by atoms with Crippen LogP contribution in [0.25, 0.3) is 21.3 Å². The zero-order valence-corrected chi connectivity index (χ0v) is 17.7. The van der Waals surface area contributed by atoms with Crippen molar-refractivity contribution < 1.29 is 22.4 Å². The number of aryl methyl sites for hydroxylation is 1. The molecule has 0 aliphatic carbocycles. The van der Waals surface area contributed by atoms with Crippen molar-refractivity contribution in [2.24, 2.45) is 0 Å². The van der Waals surface area contributed by atoms with E-state index in [0.717, 1.165) is 23.5 Å². The summed E-state index contributed by atoms with van der Waals surface area (Å²) in [5.74, 6) is -0.278. The van der Waals surface area contributed by atoms with Gasteiger partial charge in [-0.1, -0.05) is 17.7 Å². The maximum atomic E-state index is 13.6. The maximum Gasteiger partial charge on any atom is 0.417 e. The second-order valence-corrected chi connectivity index (χ2v) is 8.94. The largest absolute Gasteiger partial charge is 0.417 e. The lowest BCUT2D eigenvalue weighted by atomic mass is 9.99. The highest BCUT2D eigenvalue weighted by Crippen LogP contribution is 2.39. The fourth-order valence-electron chi connectivity index (χ4n) is 3.55. The molecule has 1 amide bonds. The third kappa shape index (κ3) is 4.18. The quantitative estimate of drug-likeness (QED) is 0.513. The topological polar surface area (TPSA) is 55.2 Å². The number of carbonyl (C=O) groups excluding carboxylic acids is 1. The molecule has 0 unspecified atom stereocenters. The molecule has 0 N–H and O–H groups in total. The summed E-state index contributed by atoms with van der Waals surface area (Å²) < 4.78 is 54.5. The Balaban J connectivity index is 1.64. The minimum Gasteiger partial charge on any atom is -0.336 e. The van der Waals surface area contributed by atoms with Crippen molar-refractivity contribution in [3.05, 3.63) is 50.8 Å². The summed E-state index contributed by atoms with van der Waals surface area (Å²) >= 11 is 6.83. The number of halogens is 5. The van der Waals surface area contributed by atoms with Gasteiger partial charge in [0.25, 0.3) is 5.56 Å². The Bertz CT molecular complexity index is 1230. The van der Waals surface area contributed by atoms with Crippen LogP contribution >= 0.6 is 22.9 Å². The predicted octanol–water partition coefficient (Wildman–Crippen LogP) is 4.76. The Morgan fingerprint density at radius 3 is 2.68 bits per heavy atom. The van der Waals surface area contributed by atoms with Crippen molar-refractivity contribution >= 4 is 39.1 Å². The molecular weight excluding hydrogens is 458 g/mol. The van der Waals surface area contributed by atoms with Crippen LogP contribution in [0.3, 0.4) is 0 Å². The lowest BCUT2D eigenvalue weighted by Crippen LogP contribution is -2.59. The number of hydrogen-bond acceptors (Lipinski definition) is 4. The Morgan fingerprint density at radius 2 is 2.03 bits per heavy atom. The second-order valence-electron chi connectivity index (χ2n) is 7.68. The normalized spacial score (nSPS) is 15.9. The van der Waals surface area contributed by atoms with E-state index in [0.29, 0.717) is 10.4 Å². The summed E-state index contributed by atoms with van der Waals surface area (Å²) in [4.78, 5) is 31.1. The van der Waals surface area contributed by atoms with Crippen LogP contribution in [0.2, 0.25) is 5.02 Å². The van der Waals surface area contributed by atoms with Gasteiger partial charge in [-0.05, 0) is 24.6 Å². The van der Waals surface area contributed by atoms with E-state index in [-0.39, 0.29) is 42.9 Å². The van der Waals surface area contributed by atoms with Crippen molar-refractivity contribution in [2.75, 3.05) is 13.1 Å². The number of nitrogens with zero attached hydrogens (tertiary/aromatic N) is 3. The van der Waals surface area contributed by atoms with Gasteiger partial charge in [-0.25, -0.2) is 9.37 Å². The van der Waals surface area contributed by atoms with Gasteiger partial charge < -0.3 is 4.90 Å². The summed E-state index contributed by atoms with van der Waals surface area (Å²) in [5.41, 5.74) is -2.33. The van der Waals surface area contributed by atoms with E-state index in [4.69, 9.17) is 11.6 Å². The molecule has 5 nitrogen and oxygen atoms in total. The molecule has 0 radical (unpaired) electrons. The van der Waals surface area contributed by atoms with Crippen molar-refractivity contribution in [1.82, 2.24) is 14.5 Å². The number of carbonyl (C=O) groups is 1. The Hall–Kier alpha value is -2.46. The average molecular weight is 474 g/mol. The minimum atomic E-state index is -4.63. The lowest BCUT2D eigenvalue weighted by molar-refractivity contribution is -0.144. The SMILES string of the molecule is CC1(F)CN(C(=O)CCn2cnc3scc(-c4ccc(Cl)c(C(F)(F)F)c4)c3c2=O)C1. The average Bonchev–Trinajstić information content (AvgIpc) is 3.09. The number of aromatic nitrogens is 2. The molecule has 1 aliphatic heterocycles. The lowest BCUT2D eigenvalue weighted by Gasteiger charge is -2.42. The smallest absolute Gasteiger partial charge is 0.336 e. The number of benzene rings is 1. The predicted molar refractivity (Wildman–Crippen MR) is 110 cm³/mol. The van der Waals surface area contributed by atoms with Crippen LogP contribution in [-0.2, 0) is 17.5 Å². The standard InChI is InChI=1S/C20H16ClF4N3O2S/c1-19(22)8-28(9-19)15(29)4-5-27-10-26-17-16(18(27)30)12(7-31-17)11-2-3-14(21)13(6-11)20(23,24)25/h2-3,6-7,10H,4-5,8-9H2,1H3. The van der Waals surface area contributed by atoms with E-state index < -0.39 is 28.0 Å². The fraction of sp³-hybridized carbons (Fsp3) is 0.350. The first kappa shape index (κ1) is 21.8. The monoisotopic (exact) mass is 473 g/mol. The van der Waals surface area contributed by atoms with E-state index in [1.165, 1.54) is 28.8 Å². The molecule has 0 saturated carbocycles. The molecular formula is C20H16ClF4N3O2S. The number of thiophene rings is 1. The molecule has 1 aromatic carbocycles. The molecule has 1 saturated heterocycles. The summed E-state index contributed by atoms with van der Waals surface area (Å²) in [5, 5.41) is 1.32. The van der Waals surface area contributed by atoms with Gasteiger partial charge in [0.1, 0.15) is 10.5 Å². The van der Waals surface area contributed by atoms with Crippen LogP contribution in [0, 0.1) is 0 Å². The number of alkyl halides is 4. The van der Waals surface area contributed by atoms with Crippen molar-refractivity contribution in [2.45, 2.75) is 31.7 Å². The summed E-state index contributed by atoms with van der Waals surface area (Å²) in [6, 6.07) is 3.46. The first-order valence-electron chi connectivity index (χ1n) is 9.27. The molecule has 0 spiro atoms. The molecule has 11 heteroatoms. The van der Waals surface area contributed by atoms with Crippen LogP contribution in [0.1, 0.15) is 18.9 Å². The van der Waals surface area contributed by atoms with Crippen LogP contribution in [0.15, 0.2) is 34.7 Å². The molecule has 164 valence electrons. The van der Waals surface area contributed by atoms with E-state index in [2.05, 4.69) is 4.98 Å². The molecule has 2 aromatic heterocycles. The first-order chi connectivity index (χ1) is 14.5. The molecule has 0 atom stereocenters. The second kappa shape index (κ2) is 7.59. The van der Waals surface area contributed by atoms with E-state index >= 15 is 0 Å². The zero-order chi connectivity index (χ0) is 22.6. The third-order valence-electron chi connectivity index (χ3n) is 5.10. The highest BCUT2D eigenvalue weighted by atomic mass is 35.5. The van der Waals surface area contributed by atoms with Gasteiger partial charge >= 0.3 is 6.18 Å². The van der Waals surface area contributed by atoms with Crippen molar-refractivity contribution in [3.8, 4) is 11.1 Å². The Morgan fingerprint density at radius 1 is 1.32 bits per heavy atom. The number of fused-ring (bicyclic) bond motifs is 1. The molecule has 4 rings (SSSR count). The van der Waals surface area contributed by atoms with E-state index in [9.17, 15) is 27.2 Å². The van der Waals surface area contributed by atoms with Crippen molar-refractivity contribution in [3.63, 3.8) is 0 Å². The maximum absolute atomic E-state index is 13.6. The Kier molecular flexibility index (Phi) is 5.33. The Labute approximate surface area is 182 Å². The van der Waals surface area contributed by atoms with Crippen LogP contribution < -0.4 is 5.56 Å². The molecule has 1 fully saturated rings. The van der Waals surface area contributed by atoms with Gasteiger partial charge in [0.15, 0.2) is 0 Å². The summed E-state index contributed by atoms with van der Waals surface area (Å²) in [7, 11) is 0. The molecule has 0 bridgehead atoms. The first-order valence-corrected chi connectivity index (χ1v) is 10.5. The molecule has 31 heavy (non-hydrogen) atoms. The van der Waals surface area contributed by atoms with Crippen LogP contribution in [-0.4, -0.2) is 39.1 Å². The number of likely N-dealkylation sites (tertiary alicyclic amines) is 1. The van der Waals surface area contributed by atoms with E-state index in [1.54, 1.807) is 5.38 Å². The number of rotatable bonds is 4. The highest BCUT2D eigenvalue weighted by Gasteiger charge is 2.41. The summed E-state index contributed by atoms with van der Waals surface area (Å²) in [6.07, 6.45) is -3.34. The minimum absolute atomic E-state index is 0.0121. The van der Waals surface area contributed by atoms with E-state index in [1.807, 2.05) is 0 Å². The fourth-order valence-corrected chi connectivity index (χ4v) is 4.68. The van der Waals surface area contributed by atoms with Crippen molar-refractivity contribution in [1.29, 1.82) is 0 Å². The highest BCUT2D eigenvalue weighted by molar-refractivity contribution is 7.17. The summed E-state index contributed by atoms with van der Waals surface area (Å²) in [6.45, 7) is 1.48.